The second-order valence-electron chi connectivity index (χ2n) is 5.22. The Morgan fingerprint density at radius 1 is 1.56 bits per heavy atom. The number of nitrogens with zero attached hydrogens (tertiary/aromatic N) is 1. The van der Waals surface area contributed by atoms with Gasteiger partial charge >= 0.3 is 0 Å². The van der Waals surface area contributed by atoms with Crippen LogP contribution in [0.25, 0.3) is 0 Å². The molecule has 0 radical (unpaired) electrons. The number of likely N-dealkylation sites (N-methyl/N-ethyl adjacent to an activating group) is 1. The number of aliphatic hydroxyl groups is 1. The molecule has 4 nitrogen and oxygen atoms in total. The summed E-state index contributed by atoms with van der Waals surface area (Å²) in [5.74, 6) is 0.594. The lowest BCUT2D eigenvalue weighted by atomic mass is 9.77. The summed E-state index contributed by atoms with van der Waals surface area (Å²) in [5.41, 5.74) is 5.88. The molecule has 1 aliphatic rings. The van der Waals surface area contributed by atoms with Gasteiger partial charge in [-0.3, -0.25) is 4.79 Å². The Kier molecular flexibility index (Phi) is 4.74. The van der Waals surface area contributed by atoms with Crippen LogP contribution in [0.5, 0.6) is 0 Å². The van der Waals surface area contributed by atoms with Crippen LogP contribution in [-0.4, -0.2) is 41.7 Å². The third-order valence-corrected chi connectivity index (χ3v) is 3.44. The van der Waals surface area contributed by atoms with Crippen molar-refractivity contribution in [3.63, 3.8) is 0 Å². The molecule has 4 unspecified atom stereocenters. The molecule has 3 N–H and O–H groups in total. The molecule has 1 saturated carbocycles. The Balaban J connectivity index is 2.53. The molecule has 4 atom stereocenters. The molecule has 4 heteroatoms. The molecule has 1 amide bonds. The lowest BCUT2D eigenvalue weighted by Gasteiger charge is -2.34. The Labute approximate surface area is 97.8 Å². The van der Waals surface area contributed by atoms with Crippen molar-refractivity contribution in [1.82, 2.24) is 4.90 Å². The standard InChI is InChI=1S/C12H24N2O2/c1-8-6-10(13)4-5-11(8)12(16)14(3)7-9(2)15/h8-11,15H,4-7,13H2,1-3H3. The van der Waals surface area contributed by atoms with Crippen molar-refractivity contribution in [2.75, 3.05) is 13.6 Å². The van der Waals surface area contributed by atoms with Gasteiger partial charge in [0.05, 0.1) is 6.10 Å². The smallest absolute Gasteiger partial charge is 0.225 e. The van der Waals surface area contributed by atoms with Gasteiger partial charge in [0.15, 0.2) is 0 Å². The largest absolute Gasteiger partial charge is 0.392 e. The van der Waals surface area contributed by atoms with Crippen LogP contribution in [0, 0.1) is 11.8 Å². The summed E-state index contributed by atoms with van der Waals surface area (Å²) in [7, 11) is 1.76. The van der Waals surface area contributed by atoms with Gasteiger partial charge in [0.25, 0.3) is 0 Å². The van der Waals surface area contributed by atoms with Crippen LogP contribution in [0.4, 0.5) is 0 Å². The molecule has 94 valence electrons. The van der Waals surface area contributed by atoms with E-state index in [4.69, 9.17) is 5.73 Å². The minimum atomic E-state index is -0.463. The Hall–Kier alpha value is -0.610. The van der Waals surface area contributed by atoms with Crippen molar-refractivity contribution < 1.29 is 9.90 Å². The van der Waals surface area contributed by atoms with Crippen molar-refractivity contribution in [2.24, 2.45) is 17.6 Å². The van der Waals surface area contributed by atoms with Crippen LogP contribution in [0.1, 0.15) is 33.1 Å². The first-order chi connectivity index (χ1) is 7.41. The van der Waals surface area contributed by atoms with E-state index in [1.54, 1.807) is 18.9 Å². The zero-order valence-corrected chi connectivity index (χ0v) is 10.5. The van der Waals surface area contributed by atoms with Gasteiger partial charge in [-0.25, -0.2) is 0 Å². The predicted octanol–water partition coefficient (Wildman–Crippen LogP) is 0.589. The molecule has 1 rings (SSSR count). The average Bonchev–Trinajstić information content (AvgIpc) is 2.15. The highest BCUT2D eigenvalue weighted by molar-refractivity contribution is 5.79. The van der Waals surface area contributed by atoms with Gasteiger partial charge in [-0.15, -0.1) is 0 Å². The first kappa shape index (κ1) is 13.5. The molecule has 0 heterocycles. The SMILES string of the molecule is CC(O)CN(C)C(=O)C1CCC(N)CC1C. The van der Waals surface area contributed by atoms with Crippen LogP contribution in [0.3, 0.4) is 0 Å². The maximum atomic E-state index is 12.1. The van der Waals surface area contributed by atoms with Crippen LogP contribution < -0.4 is 5.73 Å². The molecular formula is C12H24N2O2. The summed E-state index contributed by atoms with van der Waals surface area (Å²) in [6.07, 6.45) is 2.28. The molecule has 0 aromatic heterocycles. The van der Waals surface area contributed by atoms with Gasteiger partial charge in [-0.05, 0) is 32.1 Å². The van der Waals surface area contributed by atoms with E-state index in [2.05, 4.69) is 6.92 Å². The van der Waals surface area contributed by atoms with Crippen molar-refractivity contribution in [3.8, 4) is 0 Å². The molecule has 16 heavy (non-hydrogen) atoms. The zero-order valence-electron chi connectivity index (χ0n) is 10.5. The van der Waals surface area contributed by atoms with Crippen LogP contribution >= 0.6 is 0 Å². The molecule has 0 aromatic carbocycles. The molecule has 0 spiro atoms. The van der Waals surface area contributed by atoms with E-state index in [-0.39, 0.29) is 17.9 Å². The maximum absolute atomic E-state index is 12.1. The summed E-state index contributed by atoms with van der Waals surface area (Å²) >= 11 is 0. The van der Waals surface area contributed by atoms with Crippen molar-refractivity contribution in [1.29, 1.82) is 0 Å². The first-order valence-corrected chi connectivity index (χ1v) is 6.10. The van der Waals surface area contributed by atoms with E-state index in [0.29, 0.717) is 12.5 Å². The Morgan fingerprint density at radius 3 is 2.69 bits per heavy atom. The highest BCUT2D eigenvalue weighted by atomic mass is 16.3. The fourth-order valence-electron chi connectivity index (χ4n) is 2.57. The number of carbonyl (C=O) groups is 1. The monoisotopic (exact) mass is 228 g/mol. The summed E-state index contributed by atoms with van der Waals surface area (Å²) < 4.78 is 0. The van der Waals surface area contributed by atoms with Gasteiger partial charge in [0, 0.05) is 25.6 Å². The predicted molar refractivity (Wildman–Crippen MR) is 63.8 cm³/mol. The minimum absolute atomic E-state index is 0.0866. The average molecular weight is 228 g/mol. The lowest BCUT2D eigenvalue weighted by molar-refractivity contribution is -0.138. The highest BCUT2D eigenvalue weighted by Gasteiger charge is 2.32. The summed E-state index contributed by atoms with van der Waals surface area (Å²) in [4.78, 5) is 13.8. The van der Waals surface area contributed by atoms with Gasteiger partial charge in [-0.2, -0.15) is 0 Å². The summed E-state index contributed by atoms with van der Waals surface area (Å²) in [6, 6.07) is 0.251. The van der Waals surface area contributed by atoms with E-state index in [1.165, 1.54) is 0 Å². The first-order valence-electron chi connectivity index (χ1n) is 6.10. The third kappa shape index (κ3) is 3.46. The number of aliphatic hydroxyl groups excluding tert-OH is 1. The Morgan fingerprint density at radius 2 is 2.19 bits per heavy atom. The van der Waals surface area contributed by atoms with Gasteiger partial charge in [0.1, 0.15) is 0 Å². The summed E-state index contributed by atoms with van der Waals surface area (Å²) in [6.45, 7) is 4.20. The normalized spacial score (nSPS) is 32.2. The van der Waals surface area contributed by atoms with Crippen molar-refractivity contribution in [2.45, 2.75) is 45.3 Å². The Bertz CT molecular complexity index is 243. The van der Waals surface area contributed by atoms with E-state index in [0.717, 1.165) is 19.3 Å². The quantitative estimate of drug-likeness (QED) is 0.743. The second-order valence-corrected chi connectivity index (χ2v) is 5.22. The number of carbonyl (C=O) groups excluding carboxylic acids is 1. The number of hydrogen-bond donors (Lipinski definition) is 2. The summed E-state index contributed by atoms with van der Waals surface area (Å²) in [5, 5.41) is 9.26. The maximum Gasteiger partial charge on any atom is 0.225 e. The molecule has 0 saturated heterocycles. The zero-order chi connectivity index (χ0) is 12.3. The fraction of sp³-hybridized carbons (Fsp3) is 0.917. The molecular weight excluding hydrogens is 204 g/mol. The molecule has 0 aliphatic heterocycles. The van der Waals surface area contributed by atoms with Crippen molar-refractivity contribution in [3.05, 3.63) is 0 Å². The number of rotatable bonds is 3. The van der Waals surface area contributed by atoms with Crippen LogP contribution in [0.15, 0.2) is 0 Å². The van der Waals surface area contributed by atoms with E-state index in [1.807, 2.05) is 0 Å². The van der Waals surface area contributed by atoms with Crippen LogP contribution in [-0.2, 0) is 4.79 Å². The fourth-order valence-corrected chi connectivity index (χ4v) is 2.57. The van der Waals surface area contributed by atoms with Gasteiger partial charge in [-0.1, -0.05) is 6.92 Å². The molecule has 0 bridgehead atoms. The minimum Gasteiger partial charge on any atom is -0.392 e. The second kappa shape index (κ2) is 5.64. The number of nitrogens with two attached hydrogens (primary N) is 1. The molecule has 1 fully saturated rings. The van der Waals surface area contributed by atoms with Crippen molar-refractivity contribution >= 4 is 5.91 Å². The third-order valence-electron chi connectivity index (χ3n) is 3.44. The van der Waals surface area contributed by atoms with Gasteiger partial charge in [0.2, 0.25) is 5.91 Å². The lowest BCUT2D eigenvalue weighted by Crippen LogP contribution is -2.43. The highest BCUT2D eigenvalue weighted by Crippen LogP contribution is 2.30. The van der Waals surface area contributed by atoms with E-state index >= 15 is 0 Å². The molecule has 1 aliphatic carbocycles. The van der Waals surface area contributed by atoms with Gasteiger partial charge < -0.3 is 15.7 Å². The van der Waals surface area contributed by atoms with Crippen LogP contribution in [0.2, 0.25) is 0 Å². The topological polar surface area (TPSA) is 66.6 Å². The van der Waals surface area contributed by atoms with E-state index < -0.39 is 6.10 Å². The number of amides is 1. The van der Waals surface area contributed by atoms with E-state index in [9.17, 15) is 9.90 Å². The molecule has 0 aromatic rings. The number of hydrogen-bond acceptors (Lipinski definition) is 3.